The zero-order chi connectivity index (χ0) is 17.9. The summed E-state index contributed by atoms with van der Waals surface area (Å²) in [7, 11) is -1.29. The van der Waals surface area contributed by atoms with E-state index < -0.39 is 9.84 Å². The van der Waals surface area contributed by atoms with E-state index in [0.29, 0.717) is 24.7 Å². The van der Waals surface area contributed by atoms with Crippen LogP contribution in [-0.2, 0) is 16.4 Å². The number of aryl methyl sites for hydroxylation is 1. The fourth-order valence-electron chi connectivity index (χ4n) is 2.85. The van der Waals surface area contributed by atoms with Crippen LogP contribution in [0.1, 0.15) is 17.7 Å². The summed E-state index contributed by atoms with van der Waals surface area (Å²) in [5.41, 5.74) is 1.83. The highest BCUT2D eigenvalue weighted by molar-refractivity contribution is 7.91. The highest BCUT2D eigenvalue weighted by Crippen LogP contribution is 2.20. The zero-order valence-electron chi connectivity index (χ0n) is 14.3. The largest absolute Gasteiger partial charge is 0.496 e. The molecular weight excluding hydrogens is 340 g/mol. The van der Waals surface area contributed by atoms with E-state index in [4.69, 9.17) is 4.74 Å². The number of sulfone groups is 1. The van der Waals surface area contributed by atoms with Gasteiger partial charge < -0.3 is 15.4 Å². The van der Waals surface area contributed by atoms with Crippen LogP contribution in [0.2, 0.25) is 0 Å². The monoisotopic (exact) mass is 362 g/mol. The van der Waals surface area contributed by atoms with Crippen molar-refractivity contribution < 1.29 is 13.2 Å². The third-order valence-electron chi connectivity index (χ3n) is 4.07. The summed E-state index contributed by atoms with van der Waals surface area (Å²) < 4.78 is 28.5. The Morgan fingerprint density at radius 3 is 2.80 bits per heavy atom. The first-order valence-corrected chi connectivity index (χ1v) is 9.96. The first-order valence-electron chi connectivity index (χ1n) is 8.13. The molecule has 0 radical (unpaired) electrons. The van der Waals surface area contributed by atoms with Gasteiger partial charge in [-0.25, -0.2) is 13.4 Å². The molecule has 2 N–H and O–H groups in total. The molecule has 0 spiro atoms. The van der Waals surface area contributed by atoms with Crippen molar-refractivity contribution in [3.05, 3.63) is 41.6 Å². The fourth-order valence-corrected chi connectivity index (χ4v) is 4.52. The van der Waals surface area contributed by atoms with Crippen LogP contribution in [0.3, 0.4) is 0 Å². The molecule has 3 rings (SSSR count). The molecule has 0 amide bonds. The normalized spacial score (nSPS) is 18.7. The molecular formula is C17H22N4O3S. The molecule has 0 saturated carbocycles. The van der Waals surface area contributed by atoms with E-state index in [0.717, 1.165) is 17.0 Å². The molecule has 0 aliphatic carbocycles. The summed E-state index contributed by atoms with van der Waals surface area (Å²) in [5.74, 6) is 2.30. The van der Waals surface area contributed by atoms with Crippen LogP contribution in [0.4, 0.5) is 11.8 Å². The minimum Gasteiger partial charge on any atom is -0.496 e. The number of anilines is 2. The minimum atomic E-state index is -2.94. The number of benzene rings is 1. The van der Waals surface area contributed by atoms with Crippen LogP contribution in [0.5, 0.6) is 5.75 Å². The first-order chi connectivity index (χ1) is 11.9. The third kappa shape index (κ3) is 4.60. The number of hydrogen-bond donors (Lipinski definition) is 2. The lowest BCUT2D eigenvalue weighted by molar-refractivity contribution is 0.410. The van der Waals surface area contributed by atoms with Gasteiger partial charge in [-0.3, -0.25) is 0 Å². The molecule has 1 fully saturated rings. The Balaban J connectivity index is 1.69. The van der Waals surface area contributed by atoms with Crippen molar-refractivity contribution in [1.82, 2.24) is 9.97 Å². The minimum absolute atomic E-state index is 0.131. The average molecular weight is 362 g/mol. The number of hydrogen-bond acceptors (Lipinski definition) is 7. The maximum Gasteiger partial charge on any atom is 0.225 e. The Labute approximate surface area is 147 Å². The summed E-state index contributed by atoms with van der Waals surface area (Å²) in [6.07, 6.45) is 0.587. The number of methoxy groups -OCH3 is 1. The summed E-state index contributed by atoms with van der Waals surface area (Å²) in [6.45, 7) is 2.45. The summed E-state index contributed by atoms with van der Waals surface area (Å²) in [5, 5.41) is 6.40. The Kier molecular flexibility index (Phi) is 5.08. The van der Waals surface area contributed by atoms with Gasteiger partial charge in [0, 0.05) is 29.9 Å². The first kappa shape index (κ1) is 17.5. The van der Waals surface area contributed by atoms with E-state index in [1.54, 1.807) is 7.11 Å². The van der Waals surface area contributed by atoms with E-state index in [1.165, 1.54) is 0 Å². The summed E-state index contributed by atoms with van der Waals surface area (Å²) in [6, 6.07) is 9.51. The van der Waals surface area contributed by atoms with E-state index >= 15 is 0 Å². The maximum absolute atomic E-state index is 11.6. The molecule has 0 bridgehead atoms. The van der Waals surface area contributed by atoms with Gasteiger partial charge >= 0.3 is 0 Å². The second kappa shape index (κ2) is 7.26. The molecule has 2 heterocycles. The molecule has 1 saturated heterocycles. The highest BCUT2D eigenvalue weighted by atomic mass is 32.2. The molecule has 25 heavy (non-hydrogen) atoms. The van der Waals surface area contributed by atoms with Crippen molar-refractivity contribution >= 4 is 21.6 Å². The fraction of sp³-hybridized carbons (Fsp3) is 0.412. The highest BCUT2D eigenvalue weighted by Gasteiger charge is 2.28. The standard InChI is InChI=1S/C17H22N4O3S/c1-12-9-16(18-10-13-5-3-4-6-15(13)24-2)21-17(19-12)20-14-7-8-25(22,23)11-14/h3-6,9,14H,7-8,10-11H2,1-2H3,(H2,18,19,20,21). The van der Waals surface area contributed by atoms with Crippen molar-refractivity contribution in [2.75, 3.05) is 29.2 Å². The van der Waals surface area contributed by atoms with Crippen LogP contribution in [0.25, 0.3) is 0 Å². The van der Waals surface area contributed by atoms with Gasteiger partial charge in [-0.05, 0) is 19.4 Å². The second-order valence-electron chi connectivity index (χ2n) is 6.13. The lowest BCUT2D eigenvalue weighted by Gasteiger charge is -2.14. The third-order valence-corrected chi connectivity index (χ3v) is 5.84. The van der Waals surface area contributed by atoms with Crippen LogP contribution in [0, 0.1) is 6.92 Å². The quantitative estimate of drug-likeness (QED) is 0.812. The zero-order valence-corrected chi connectivity index (χ0v) is 15.1. The van der Waals surface area contributed by atoms with Gasteiger partial charge in [-0.15, -0.1) is 0 Å². The van der Waals surface area contributed by atoms with Gasteiger partial charge in [-0.1, -0.05) is 18.2 Å². The molecule has 1 atom stereocenters. The molecule has 1 aliphatic rings. The number of aromatic nitrogens is 2. The molecule has 7 nitrogen and oxygen atoms in total. The lowest BCUT2D eigenvalue weighted by atomic mass is 10.2. The summed E-state index contributed by atoms with van der Waals surface area (Å²) in [4.78, 5) is 8.80. The van der Waals surface area contributed by atoms with Gasteiger partial charge in [0.25, 0.3) is 0 Å². The predicted molar refractivity (Wildman–Crippen MR) is 97.8 cm³/mol. The Morgan fingerprint density at radius 1 is 1.28 bits per heavy atom. The lowest BCUT2D eigenvalue weighted by Crippen LogP contribution is -2.22. The van der Waals surface area contributed by atoms with Crippen LogP contribution >= 0.6 is 0 Å². The van der Waals surface area contributed by atoms with Gasteiger partial charge in [0.05, 0.1) is 18.6 Å². The molecule has 134 valence electrons. The molecule has 1 aromatic heterocycles. The number of rotatable bonds is 6. The topological polar surface area (TPSA) is 93.2 Å². The number of nitrogens with zero attached hydrogens (tertiary/aromatic N) is 2. The molecule has 1 aliphatic heterocycles. The smallest absolute Gasteiger partial charge is 0.225 e. The molecule has 1 aromatic carbocycles. The second-order valence-corrected chi connectivity index (χ2v) is 8.36. The Hall–Kier alpha value is -2.35. The number of nitrogens with one attached hydrogen (secondary N) is 2. The van der Waals surface area contributed by atoms with Gasteiger partial charge in [0.1, 0.15) is 11.6 Å². The number of para-hydroxylation sites is 1. The van der Waals surface area contributed by atoms with Crippen LogP contribution in [-0.4, -0.2) is 43.0 Å². The molecule has 2 aromatic rings. The van der Waals surface area contributed by atoms with Crippen molar-refractivity contribution in [3.8, 4) is 5.75 Å². The van der Waals surface area contributed by atoms with Crippen LogP contribution in [0.15, 0.2) is 30.3 Å². The summed E-state index contributed by atoms with van der Waals surface area (Å²) >= 11 is 0. The van der Waals surface area contributed by atoms with Crippen molar-refractivity contribution in [1.29, 1.82) is 0 Å². The van der Waals surface area contributed by atoms with E-state index in [-0.39, 0.29) is 17.5 Å². The SMILES string of the molecule is COc1ccccc1CNc1cc(C)nc(NC2CCS(=O)(=O)C2)n1. The van der Waals surface area contributed by atoms with Gasteiger partial charge in [-0.2, -0.15) is 4.98 Å². The van der Waals surface area contributed by atoms with E-state index in [1.807, 2.05) is 37.3 Å². The predicted octanol–water partition coefficient (Wildman–Crippen LogP) is 2.00. The van der Waals surface area contributed by atoms with Crippen LogP contribution < -0.4 is 15.4 Å². The van der Waals surface area contributed by atoms with Crippen molar-refractivity contribution in [2.45, 2.75) is 25.9 Å². The number of ether oxygens (including phenoxy) is 1. The Morgan fingerprint density at radius 2 is 2.08 bits per heavy atom. The average Bonchev–Trinajstić information content (AvgIpc) is 2.91. The van der Waals surface area contributed by atoms with Gasteiger partial charge in [0.2, 0.25) is 5.95 Å². The van der Waals surface area contributed by atoms with Gasteiger partial charge in [0.15, 0.2) is 9.84 Å². The van der Waals surface area contributed by atoms with Crippen molar-refractivity contribution in [3.63, 3.8) is 0 Å². The Bertz CT molecular complexity index is 855. The van der Waals surface area contributed by atoms with E-state index in [9.17, 15) is 8.42 Å². The van der Waals surface area contributed by atoms with E-state index in [2.05, 4.69) is 20.6 Å². The maximum atomic E-state index is 11.6. The molecule has 8 heteroatoms. The molecule has 1 unspecified atom stereocenters. The van der Waals surface area contributed by atoms with Crippen molar-refractivity contribution in [2.24, 2.45) is 0 Å².